The van der Waals surface area contributed by atoms with E-state index in [-0.39, 0.29) is 17.7 Å². The first kappa shape index (κ1) is 21.2. The van der Waals surface area contributed by atoms with Gasteiger partial charge in [0.25, 0.3) is 0 Å². The maximum atomic E-state index is 14.5. The minimum absolute atomic E-state index is 0.00500. The molecule has 4 atom stereocenters. The molecule has 4 unspecified atom stereocenters. The van der Waals surface area contributed by atoms with Gasteiger partial charge in [-0.25, -0.2) is 17.8 Å². The molecule has 3 aliphatic rings. The van der Waals surface area contributed by atoms with Crippen LogP contribution in [0.2, 0.25) is 0 Å². The van der Waals surface area contributed by atoms with Gasteiger partial charge in [0.15, 0.2) is 0 Å². The maximum absolute atomic E-state index is 14.5. The standard InChI is InChI=1S/C16H28ClFN4O4S/c17-14-9-12(22-5-1-4-19-22)8-13(15(14)18)16(23)20-21-27(24,25)10-11-2-6-26-7-3-11/h11-15,19,21H,1-10H2,(H,20,23). The Morgan fingerprint density at radius 3 is 2.70 bits per heavy atom. The molecule has 1 saturated carbocycles. The number of nitrogens with zero attached hydrogens (tertiary/aromatic N) is 1. The topological polar surface area (TPSA) is 99.8 Å². The third-order valence-corrected chi connectivity index (χ3v) is 7.29. The summed E-state index contributed by atoms with van der Waals surface area (Å²) in [7, 11) is -3.69. The van der Waals surface area contributed by atoms with Crippen LogP contribution in [-0.4, -0.2) is 69.0 Å². The fraction of sp³-hybridized carbons (Fsp3) is 0.938. The van der Waals surface area contributed by atoms with E-state index in [1.54, 1.807) is 0 Å². The van der Waals surface area contributed by atoms with E-state index in [9.17, 15) is 17.6 Å². The SMILES string of the molecule is O=C(NNS(=O)(=O)CC1CCOCC1)C1CC(N2CCCN2)CC(Cl)C1F. The van der Waals surface area contributed by atoms with E-state index in [2.05, 4.69) is 15.7 Å². The molecule has 3 fully saturated rings. The Morgan fingerprint density at radius 1 is 1.30 bits per heavy atom. The number of hydrogen-bond acceptors (Lipinski definition) is 6. The minimum Gasteiger partial charge on any atom is -0.381 e. The van der Waals surface area contributed by atoms with Crippen molar-refractivity contribution in [2.75, 3.05) is 32.1 Å². The molecule has 1 amide bonds. The van der Waals surface area contributed by atoms with Crippen LogP contribution in [0.4, 0.5) is 4.39 Å². The molecule has 0 aromatic rings. The Balaban J connectivity index is 1.53. The number of ether oxygens (including phenoxy) is 1. The van der Waals surface area contributed by atoms with Crippen molar-refractivity contribution in [3.05, 3.63) is 0 Å². The van der Waals surface area contributed by atoms with Crippen molar-refractivity contribution in [1.29, 1.82) is 0 Å². The number of halogens is 2. The number of nitrogens with one attached hydrogen (secondary N) is 3. The van der Waals surface area contributed by atoms with Crippen LogP contribution in [-0.2, 0) is 19.6 Å². The monoisotopic (exact) mass is 426 g/mol. The fourth-order valence-corrected chi connectivity index (χ4v) is 5.69. The Hall–Kier alpha value is -0.520. The van der Waals surface area contributed by atoms with Crippen molar-refractivity contribution in [2.45, 2.75) is 49.7 Å². The molecular weight excluding hydrogens is 399 g/mol. The number of hydrazine groups is 2. The molecule has 156 valence electrons. The van der Waals surface area contributed by atoms with Gasteiger partial charge in [0, 0.05) is 32.3 Å². The summed E-state index contributed by atoms with van der Waals surface area (Å²) in [5.74, 6) is -1.75. The highest BCUT2D eigenvalue weighted by Gasteiger charge is 2.43. The van der Waals surface area contributed by atoms with Crippen LogP contribution in [0.1, 0.15) is 32.1 Å². The summed E-state index contributed by atoms with van der Waals surface area (Å²) in [6, 6.07) is -0.0448. The van der Waals surface area contributed by atoms with E-state index in [1.807, 2.05) is 5.01 Å². The molecule has 2 saturated heterocycles. The average molecular weight is 427 g/mol. The van der Waals surface area contributed by atoms with Gasteiger partial charge in [-0.15, -0.1) is 16.4 Å². The van der Waals surface area contributed by atoms with Crippen molar-refractivity contribution in [1.82, 2.24) is 20.7 Å². The summed E-state index contributed by atoms with van der Waals surface area (Å²) >= 11 is 6.14. The molecule has 3 N–H and O–H groups in total. The molecule has 2 aliphatic heterocycles. The van der Waals surface area contributed by atoms with Gasteiger partial charge in [0.05, 0.1) is 17.0 Å². The molecule has 3 rings (SSSR count). The van der Waals surface area contributed by atoms with Gasteiger partial charge in [0.1, 0.15) is 6.17 Å². The van der Waals surface area contributed by atoms with Crippen molar-refractivity contribution >= 4 is 27.5 Å². The van der Waals surface area contributed by atoms with Gasteiger partial charge >= 0.3 is 0 Å². The summed E-state index contributed by atoms with van der Waals surface area (Å²) in [4.78, 5) is 14.6. The summed E-state index contributed by atoms with van der Waals surface area (Å²) in [5, 5.41) is 1.23. The Morgan fingerprint density at radius 2 is 2.04 bits per heavy atom. The first-order valence-electron chi connectivity index (χ1n) is 9.51. The number of alkyl halides is 2. The molecule has 27 heavy (non-hydrogen) atoms. The van der Waals surface area contributed by atoms with Crippen LogP contribution < -0.4 is 15.7 Å². The summed E-state index contributed by atoms with van der Waals surface area (Å²) in [6.45, 7) is 2.77. The van der Waals surface area contributed by atoms with E-state index >= 15 is 0 Å². The highest BCUT2D eigenvalue weighted by atomic mass is 35.5. The molecule has 0 aromatic carbocycles. The zero-order chi connectivity index (χ0) is 19.4. The van der Waals surface area contributed by atoms with Crippen molar-refractivity contribution in [3.63, 3.8) is 0 Å². The predicted octanol–water partition coefficient (Wildman–Crippen LogP) is 0.298. The smallest absolute Gasteiger partial charge is 0.241 e. The zero-order valence-corrected chi connectivity index (χ0v) is 16.8. The zero-order valence-electron chi connectivity index (χ0n) is 15.2. The number of carbonyl (C=O) groups excluding carboxylic acids is 1. The second-order valence-corrected chi connectivity index (χ2v) is 9.90. The molecule has 2 heterocycles. The largest absolute Gasteiger partial charge is 0.381 e. The normalized spacial score (nSPS) is 33.9. The number of hydrogen-bond donors (Lipinski definition) is 3. The van der Waals surface area contributed by atoms with E-state index in [0.717, 1.165) is 19.5 Å². The van der Waals surface area contributed by atoms with E-state index in [1.165, 1.54) is 0 Å². The van der Waals surface area contributed by atoms with Gasteiger partial charge < -0.3 is 4.74 Å². The van der Waals surface area contributed by atoms with Crippen LogP contribution in [0.25, 0.3) is 0 Å². The Kier molecular flexibility index (Phi) is 7.32. The van der Waals surface area contributed by atoms with Gasteiger partial charge in [-0.05, 0) is 38.0 Å². The number of carbonyl (C=O) groups is 1. The predicted molar refractivity (Wildman–Crippen MR) is 99.0 cm³/mol. The van der Waals surface area contributed by atoms with Crippen LogP contribution in [0.5, 0.6) is 0 Å². The fourth-order valence-electron chi connectivity index (χ4n) is 4.02. The lowest BCUT2D eigenvalue weighted by atomic mass is 9.83. The Labute approximate surface area is 164 Å². The summed E-state index contributed by atoms with van der Waals surface area (Å²) in [5.41, 5.74) is 5.42. The van der Waals surface area contributed by atoms with Gasteiger partial charge in [-0.1, -0.05) is 0 Å². The molecule has 0 radical (unpaired) electrons. The highest BCUT2D eigenvalue weighted by Crippen LogP contribution is 2.34. The van der Waals surface area contributed by atoms with Gasteiger partial charge in [-0.3, -0.25) is 15.6 Å². The van der Waals surface area contributed by atoms with E-state index < -0.39 is 33.4 Å². The number of sulfonamides is 1. The number of amides is 1. The van der Waals surface area contributed by atoms with E-state index in [0.29, 0.717) is 38.9 Å². The minimum atomic E-state index is -3.69. The second-order valence-electron chi connectivity index (χ2n) is 7.58. The van der Waals surface area contributed by atoms with Gasteiger partial charge in [-0.2, -0.15) is 0 Å². The van der Waals surface area contributed by atoms with Crippen LogP contribution in [0, 0.1) is 11.8 Å². The Bertz CT molecular complexity index is 614. The van der Waals surface area contributed by atoms with Crippen LogP contribution >= 0.6 is 11.6 Å². The van der Waals surface area contributed by atoms with Gasteiger partial charge in [0.2, 0.25) is 15.9 Å². The first-order valence-corrected chi connectivity index (χ1v) is 11.6. The average Bonchev–Trinajstić information content (AvgIpc) is 3.17. The molecule has 0 bridgehead atoms. The lowest BCUT2D eigenvalue weighted by Gasteiger charge is -2.38. The van der Waals surface area contributed by atoms with Crippen molar-refractivity contribution < 1.29 is 22.3 Å². The lowest BCUT2D eigenvalue weighted by Crippen LogP contribution is -2.55. The summed E-state index contributed by atoms with van der Waals surface area (Å²) < 4.78 is 44.1. The molecule has 0 aromatic heterocycles. The van der Waals surface area contributed by atoms with Crippen molar-refractivity contribution in [3.8, 4) is 0 Å². The second kappa shape index (κ2) is 9.32. The molecular formula is C16H28ClFN4O4S. The first-order chi connectivity index (χ1) is 12.9. The van der Waals surface area contributed by atoms with Crippen LogP contribution in [0.3, 0.4) is 0 Å². The summed E-state index contributed by atoms with van der Waals surface area (Å²) in [6.07, 6.45) is 1.57. The third-order valence-electron chi connectivity index (χ3n) is 5.55. The molecule has 0 spiro atoms. The maximum Gasteiger partial charge on any atom is 0.241 e. The molecule has 11 heteroatoms. The quantitative estimate of drug-likeness (QED) is 0.417. The number of rotatable bonds is 6. The molecule has 8 nitrogen and oxygen atoms in total. The lowest BCUT2D eigenvalue weighted by molar-refractivity contribution is -0.129. The van der Waals surface area contributed by atoms with Crippen molar-refractivity contribution in [2.24, 2.45) is 11.8 Å². The highest BCUT2D eigenvalue weighted by molar-refractivity contribution is 7.89. The van der Waals surface area contributed by atoms with Crippen LogP contribution in [0.15, 0.2) is 0 Å². The van der Waals surface area contributed by atoms with E-state index in [4.69, 9.17) is 16.3 Å². The third kappa shape index (κ3) is 5.74. The molecule has 1 aliphatic carbocycles.